The van der Waals surface area contributed by atoms with Gasteiger partial charge in [0.1, 0.15) is 0 Å². The zero-order valence-corrected chi connectivity index (χ0v) is 20.3. The molecule has 0 N–H and O–H groups in total. The predicted molar refractivity (Wildman–Crippen MR) is 129 cm³/mol. The molecule has 2 aromatic rings. The van der Waals surface area contributed by atoms with Gasteiger partial charge >= 0.3 is 0 Å². The van der Waals surface area contributed by atoms with Crippen molar-refractivity contribution >= 4 is 0 Å². The lowest BCUT2D eigenvalue weighted by Crippen LogP contribution is -2.25. The minimum atomic E-state index is -1.16. The highest BCUT2D eigenvalue weighted by molar-refractivity contribution is 5.66. The summed E-state index contributed by atoms with van der Waals surface area (Å²) in [6, 6.07) is 5.61. The van der Waals surface area contributed by atoms with Gasteiger partial charge in [0.05, 0.1) is 25.4 Å². The Morgan fingerprint density at radius 2 is 1.46 bits per heavy atom. The van der Waals surface area contributed by atoms with E-state index in [2.05, 4.69) is 13.5 Å². The first-order valence-corrected chi connectivity index (χ1v) is 12.7. The second kappa shape index (κ2) is 11.7. The van der Waals surface area contributed by atoms with Gasteiger partial charge in [0.2, 0.25) is 0 Å². The summed E-state index contributed by atoms with van der Waals surface area (Å²) in [7, 11) is 0. The minimum absolute atomic E-state index is 0.00607. The molecule has 0 saturated carbocycles. The highest BCUT2D eigenvalue weighted by atomic mass is 19.2. The molecule has 0 aromatic heterocycles. The molecule has 2 aliphatic rings. The van der Waals surface area contributed by atoms with Crippen molar-refractivity contribution in [2.24, 2.45) is 5.92 Å². The zero-order chi connectivity index (χ0) is 24.9. The number of aryl methyl sites for hydroxylation is 1. The molecule has 2 fully saturated rings. The Bertz CT molecular complexity index is 1020. The van der Waals surface area contributed by atoms with Gasteiger partial charge < -0.3 is 9.47 Å². The van der Waals surface area contributed by atoms with E-state index in [1.54, 1.807) is 0 Å². The van der Waals surface area contributed by atoms with Crippen LogP contribution in [0.15, 0.2) is 36.9 Å². The maximum absolute atomic E-state index is 15.0. The Balaban J connectivity index is 1.46. The molecule has 2 aromatic carbocycles. The normalized spacial score (nSPS) is 24.9. The molecule has 0 spiro atoms. The summed E-state index contributed by atoms with van der Waals surface area (Å²) in [4.78, 5) is 0. The molecule has 6 heteroatoms. The third-order valence-electron chi connectivity index (χ3n) is 7.46. The Morgan fingerprint density at radius 3 is 2.09 bits per heavy atom. The number of hydrogen-bond acceptors (Lipinski definition) is 2. The molecule has 4 rings (SSSR count). The highest BCUT2D eigenvalue weighted by Crippen LogP contribution is 2.36. The van der Waals surface area contributed by atoms with E-state index in [1.165, 1.54) is 24.3 Å². The maximum Gasteiger partial charge on any atom is 0.167 e. The van der Waals surface area contributed by atoms with Crippen molar-refractivity contribution in [2.75, 3.05) is 13.2 Å². The molecule has 190 valence electrons. The minimum Gasteiger partial charge on any atom is -0.378 e. The van der Waals surface area contributed by atoms with Crippen LogP contribution in [0.1, 0.15) is 68.9 Å². The predicted octanol–water partition coefficient (Wildman–Crippen LogP) is 7.89. The van der Waals surface area contributed by atoms with Gasteiger partial charge in [0.15, 0.2) is 23.3 Å². The Morgan fingerprint density at radius 1 is 0.800 bits per heavy atom. The van der Waals surface area contributed by atoms with Crippen molar-refractivity contribution in [2.45, 2.75) is 76.4 Å². The van der Waals surface area contributed by atoms with Crippen LogP contribution in [0.3, 0.4) is 0 Å². The third-order valence-corrected chi connectivity index (χ3v) is 7.46. The van der Waals surface area contributed by atoms with E-state index in [1.807, 2.05) is 6.08 Å². The van der Waals surface area contributed by atoms with Crippen molar-refractivity contribution in [1.29, 1.82) is 0 Å². The number of hydrogen-bond donors (Lipinski definition) is 0. The van der Waals surface area contributed by atoms with Crippen LogP contribution in [0.2, 0.25) is 0 Å². The summed E-state index contributed by atoms with van der Waals surface area (Å²) in [5.74, 6) is -4.26. The number of benzene rings is 2. The molecule has 35 heavy (non-hydrogen) atoms. The SMILES string of the molecule is C=CC1CCC(CCc2ccc(-c3ccc(C4CCC(CCC)OC4)c(F)c3F)c(F)c2F)OC1. The Labute approximate surface area is 205 Å². The first-order valence-electron chi connectivity index (χ1n) is 12.7. The second-order valence-electron chi connectivity index (χ2n) is 9.82. The van der Waals surface area contributed by atoms with Crippen LogP contribution >= 0.6 is 0 Å². The molecule has 2 heterocycles. The van der Waals surface area contributed by atoms with Crippen molar-refractivity contribution in [3.8, 4) is 11.1 Å². The van der Waals surface area contributed by atoms with E-state index in [-0.39, 0.29) is 40.4 Å². The van der Waals surface area contributed by atoms with E-state index in [0.717, 1.165) is 32.1 Å². The topological polar surface area (TPSA) is 18.5 Å². The molecule has 0 bridgehead atoms. The summed E-state index contributed by atoms with van der Waals surface area (Å²) in [5.41, 5.74) is -0.121. The monoisotopic (exact) mass is 490 g/mol. The zero-order valence-electron chi connectivity index (χ0n) is 20.3. The van der Waals surface area contributed by atoms with Gasteiger partial charge in [-0.3, -0.25) is 0 Å². The van der Waals surface area contributed by atoms with Gasteiger partial charge in [-0.2, -0.15) is 0 Å². The highest BCUT2D eigenvalue weighted by Gasteiger charge is 2.28. The van der Waals surface area contributed by atoms with Crippen LogP contribution in [-0.4, -0.2) is 25.4 Å². The molecule has 0 amide bonds. The van der Waals surface area contributed by atoms with E-state index in [4.69, 9.17) is 9.47 Å². The Kier molecular flexibility index (Phi) is 8.66. The lowest BCUT2D eigenvalue weighted by Gasteiger charge is -2.29. The maximum atomic E-state index is 15.0. The van der Waals surface area contributed by atoms with Crippen molar-refractivity contribution < 1.29 is 27.0 Å². The van der Waals surface area contributed by atoms with Gasteiger partial charge in [0, 0.05) is 23.0 Å². The largest absolute Gasteiger partial charge is 0.378 e. The van der Waals surface area contributed by atoms with E-state index >= 15 is 8.78 Å². The first-order chi connectivity index (χ1) is 16.9. The van der Waals surface area contributed by atoms with E-state index < -0.39 is 23.3 Å². The first kappa shape index (κ1) is 25.9. The number of ether oxygens (including phenoxy) is 2. The molecule has 2 nitrogen and oxygen atoms in total. The van der Waals surface area contributed by atoms with Crippen LogP contribution in [0.25, 0.3) is 11.1 Å². The second-order valence-corrected chi connectivity index (χ2v) is 9.82. The molecular formula is C29H34F4O2. The smallest absolute Gasteiger partial charge is 0.167 e. The molecular weight excluding hydrogens is 456 g/mol. The fourth-order valence-electron chi connectivity index (χ4n) is 5.24. The van der Waals surface area contributed by atoms with Crippen LogP contribution in [0, 0.1) is 29.2 Å². The third kappa shape index (κ3) is 5.80. The molecule has 4 unspecified atom stereocenters. The average molecular weight is 491 g/mol. The Hall–Kier alpha value is -2.18. The van der Waals surface area contributed by atoms with Crippen LogP contribution in [0.5, 0.6) is 0 Å². The van der Waals surface area contributed by atoms with Gasteiger partial charge in [-0.1, -0.05) is 43.7 Å². The van der Waals surface area contributed by atoms with E-state index in [0.29, 0.717) is 38.4 Å². The quantitative estimate of drug-likeness (QED) is 0.277. The van der Waals surface area contributed by atoms with Crippen molar-refractivity contribution in [3.05, 3.63) is 71.3 Å². The fraction of sp³-hybridized carbons (Fsp3) is 0.517. The summed E-state index contributed by atoms with van der Waals surface area (Å²) in [6.45, 7) is 6.79. The fourth-order valence-corrected chi connectivity index (χ4v) is 5.24. The molecule has 2 aliphatic heterocycles. The van der Waals surface area contributed by atoms with Gasteiger partial charge in [-0.05, 0) is 56.1 Å². The summed E-state index contributed by atoms with van der Waals surface area (Å²) >= 11 is 0. The van der Waals surface area contributed by atoms with Gasteiger partial charge in [-0.15, -0.1) is 6.58 Å². The molecule has 0 aliphatic carbocycles. The van der Waals surface area contributed by atoms with Gasteiger partial charge in [0.25, 0.3) is 0 Å². The summed E-state index contributed by atoms with van der Waals surface area (Å²) < 4.78 is 71.5. The van der Waals surface area contributed by atoms with Gasteiger partial charge in [-0.25, -0.2) is 17.6 Å². The lowest BCUT2D eigenvalue weighted by molar-refractivity contribution is -0.00789. The standard InChI is InChI=1S/C29H34F4O2/c1-3-5-21-12-8-20(17-35-21)23-14-15-25(29(33)27(23)31)24-13-9-19(26(30)28(24)32)7-11-22-10-6-18(4-2)16-34-22/h4,9,13-15,18,20-22H,2-3,5-8,10-12,16-17H2,1H3. The van der Waals surface area contributed by atoms with Crippen LogP contribution in [0.4, 0.5) is 17.6 Å². The van der Waals surface area contributed by atoms with Crippen LogP contribution < -0.4 is 0 Å². The summed E-state index contributed by atoms with van der Waals surface area (Å²) in [6.07, 6.45) is 8.19. The van der Waals surface area contributed by atoms with E-state index in [9.17, 15) is 8.78 Å². The molecule has 0 radical (unpaired) electrons. The number of rotatable bonds is 8. The van der Waals surface area contributed by atoms with Crippen LogP contribution in [-0.2, 0) is 15.9 Å². The molecule has 2 saturated heterocycles. The molecule has 4 atom stereocenters. The van der Waals surface area contributed by atoms with Crippen molar-refractivity contribution in [3.63, 3.8) is 0 Å². The van der Waals surface area contributed by atoms with Crippen molar-refractivity contribution in [1.82, 2.24) is 0 Å². The average Bonchev–Trinajstić information content (AvgIpc) is 2.88. The lowest BCUT2D eigenvalue weighted by atomic mass is 9.88. The summed E-state index contributed by atoms with van der Waals surface area (Å²) in [5, 5.41) is 0. The number of halogens is 4.